The maximum atomic E-state index is 2.34. The Kier molecular flexibility index (Phi) is 4.65. The van der Waals surface area contributed by atoms with E-state index in [0.29, 0.717) is 0 Å². The minimum absolute atomic E-state index is 0.949. The summed E-state index contributed by atoms with van der Waals surface area (Å²) in [5.74, 6) is 1.97. The molecule has 0 atom stereocenters. The summed E-state index contributed by atoms with van der Waals surface area (Å²) in [4.78, 5) is 0. The van der Waals surface area contributed by atoms with Crippen LogP contribution in [0.15, 0.2) is 24.3 Å². The van der Waals surface area contributed by atoms with Crippen molar-refractivity contribution < 1.29 is 0 Å². The highest BCUT2D eigenvalue weighted by Gasteiger charge is 2.19. The van der Waals surface area contributed by atoms with Gasteiger partial charge in [0.25, 0.3) is 0 Å². The third-order valence-electron chi connectivity index (χ3n) is 4.50. The Labute approximate surface area is 106 Å². The maximum absolute atomic E-state index is 2.34. The molecule has 1 aliphatic rings. The molecule has 0 saturated heterocycles. The van der Waals surface area contributed by atoms with E-state index in [1.54, 1.807) is 5.56 Å². The van der Waals surface area contributed by atoms with Crippen LogP contribution in [-0.2, 0) is 12.8 Å². The molecule has 0 N–H and O–H groups in total. The van der Waals surface area contributed by atoms with Gasteiger partial charge in [0.15, 0.2) is 0 Å². The lowest BCUT2D eigenvalue weighted by Crippen LogP contribution is -2.15. The smallest absolute Gasteiger partial charge is 0.0250 e. The second kappa shape index (κ2) is 6.23. The molecular weight excluding hydrogens is 204 g/mol. The molecule has 1 aromatic carbocycles. The van der Waals surface area contributed by atoms with Crippen LogP contribution in [0.1, 0.15) is 57.1 Å². The van der Waals surface area contributed by atoms with Crippen LogP contribution in [0.25, 0.3) is 0 Å². The number of rotatable bonds is 4. The quantitative estimate of drug-likeness (QED) is 0.682. The summed E-state index contributed by atoms with van der Waals surface area (Å²) in [6.07, 6.45) is 9.69. The van der Waals surface area contributed by atoms with Gasteiger partial charge in [-0.05, 0) is 48.6 Å². The minimum atomic E-state index is 0.949. The first-order chi connectivity index (χ1) is 8.31. The van der Waals surface area contributed by atoms with Crippen molar-refractivity contribution >= 4 is 0 Å². The zero-order valence-corrected chi connectivity index (χ0v) is 11.4. The van der Waals surface area contributed by atoms with Crippen molar-refractivity contribution in [3.05, 3.63) is 35.4 Å². The zero-order valence-electron chi connectivity index (χ0n) is 11.4. The fourth-order valence-corrected chi connectivity index (χ4v) is 3.09. The fraction of sp³-hybridized carbons (Fsp3) is 0.647. The van der Waals surface area contributed by atoms with E-state index >= 15 is 0 Å². The Morgan fingerprint density at radius 3 is 1.88 bits per heavy atom. The van der Waals surface area contributed by atoms with Gasteiger partial charge in [-0.15, -0.1) is 0 Å². The molecule has 0 amide bonds. The number of hydrogen-bond donors (Lipinski definition) is 0. The van der Waals surface area contributed by atoms with Crippen molar-refractivity contribution in [2.45, 2.75) is 58.8 Å². The lowest BCUT2D eigenvalue weighted by molar-refractivity contribution is 0.268. The average molecular weight is 230 g/mol. The van der Waals surface area contributed by atoms with Crippen LogP contribution in [0.2, 0.25) is 0 Å². The maximum Gasteiger partial charge on any atom is -0.0250 e. The van der Waals surface area contributed by atoms with Crippen molar-refractivity contribution in [2.24, 2.45) is 11.8 Å². The molecule has 1 saturated carbocycles. The largest absolute Gasteiger partial charge is 0.0651 e. The molecule has 0 heterocycles. The normalized spacial score (nSPS) is 24.8. The summed E-state index contributed by atoms with van der Waals surface area (Å²) in [7, 11) is 0. The third-order valence-corrected chi connectivity index (χ3v) is 4.50. The van der Waals surface area contributed by atoms with Crippen LogP contribution >= 0.6 is 0 Å². The highest BCUT2D eigenvalue weighted by molar-refractivity contribution is 5.22. The summed E-state index contributed by atoms with van der Waals surface area (Å²) in [6, 6.07) is 9.27. The van der Waals surface area contributed by atoms with E-state index in [1.807, 2.05) is 0 Å². The van der Waals surface area contributed by atoms with Gasteiger partial charge in [-0.1, -0.05) is 57.4 Å². The lowest BCUT2D eigenvalue weighted by Gasteiger charge is -2.27. The molecule has 1 aromatic rings. The Morgan fingerprint density at radius 2 is 1.35 bits per heavy atom. The Balaban J connectivity index is 1.84. The predicted molar refractivity (Wildman–Crippen MR) is 75.3 cm³/mol. The first-order valence-corrected chi connectivity index (χ1v) is 7.39. The van der Waals surface area contributed by atoms with Crippen molar-refractivity contribution in [1.82, 2.24) is 0 Å². The van der Waals surface area contributed by atoms with Crippen molar-refractivity contribution in [3.63, 3.8) is 0 Å². The van der Waals surface area contributed by atoms with Gasteiger partial charge in [-0.3, -0.25) is 0 Å². The number of aryl methyl sites for hydroxylation is 1. The van der Waals surface area contributed by atoms with Crippen LogP contribution < -0.4 is 0 Å². The summed E-state index contributed by atoms with van der Waals surface area (Å²) >= 11 is 0. The van der Waals surface area contributed by atoms with Crippen LogP contribution in [0.4, 0.5) is 0 Å². The van der Waals surface area contributed by atoms with Crippen LogP contribution in [0, 0.1) is 11.8 Å². The number of benzene rings is 1. The topological polar surface area (TPSA) is 0 Å². The summed E-state index contributed by atoms with van der Waals surface area (Å²) in [5.41, 5.74) is 3.01. The molecule has 0 radical (unpaired) electrons. The Bertz CT molecular complexity index is 314. The molecule has 0 spiro atoms. The van der Waals surface area contributed by atoms with Gasteiger partial charge in [0.05, 0.1) is 0 Å². The van der Waals surface area contributed by atoms with E-state index in [2.05, 4.69) is 38.1 Å². The Morgan fingerprint density at radius 1 is 0.824 bits per heavy atom. The molecular formula is C17H26. The van der Waals surface area contributed by atoms with Crippen molar-refractivity contribution in [2.75, 3.05) is 0 Å². The number of hydrogen-bond acceptors (Lipinski definition) is 0. The molecule has 17 heavy (non-hydrogen) atoms. The van der Waals surface area contributed by atoms with E-state index in [0.717, 1.165) is 18.3 Å². The SMILES string of the molecule is CCc1ccc(CC2CCC(CC)CC2)cc1. The third kappa shape index (κ3) is 3.59. The van der Waals surface area contributed by atoms with Gasteiger partial charge in [0.1, 0.15) is 0 Å². The van der Waals surface area contributed by atoms with Gasteiger partial charge in [0, 0.05) is 0 Å². The second-order valence-corrected chi connectivity index (χ2v) is 5.67. The predicted octanol–water partition coefficient (Wildman–Crippen LogP) is 5.01. The molecule has 0 unspecified atom stereocenters. The van der Waals surface area contributed by atoms with Crippen molar-refractivity contribution in [1.29, 1.82) is 0 Å². The molecule has 94 valence electrons. The molecule has 0 heteroatoms. The van der Waals surface area contributed by atoms with E-state index in [4.69, 9.17) is 0 Å². The second-order valence-electron chi connectivity index (χ2n) is 5.67. The summed E-state index contributed by atoms with van der Waals surface area (Å²) in [5, 5.41) is 0. The fourth-order valence-electron chi connectivity index (χ4n) is 3.09. The first kappa shape index (κ1) is 12.7. The van der Waals surface area contributed by atoms with Gasteiger partial charge in [-0.2, -0.15) is 0 Å². The van der Waals surface area contributed by atoms with Crippen LogP contribution in [0.5, 0.6) is 0 Å². The van der Waals surface area contributed by atoms with Crippen LogP contribution in [-0.4, -0.2) is 0 Å². The van der Waals surface area contributed by atoms with Gasteiger partial charge < -0.3 is 0 Å². The summed E-state index contributed by atoms with van der Waals surface area (Å²) in [6.45, 7) is 4.56. The van der Waals surface area contributed by atoms with E-state index in [9.17, 15) is 0 Å². The zero-order chi connectivity index (χ0) is 12.1. The molecule has 1 aliphatic carbocycles. The Hall–Kier alpha value is -0.780. The molecule has 0 aromatic heterocycles. The lowest BCUT2D eigenvalue weighted by atomic mass is 9.78. The molecule has 1 fully saturated rings. The van der Waals surface area contributed by atoms with E-state index in [-0.39, 0.29) is 0 Å². The van der Waals surface area contributed by atoms with Crippen molar-refractivity contribution in [3.8, 4) is 0 Å². The molecule has 0 nitrogen and oxygen atoms in total. The molecule has 0 bridgehead atoms. The van der Waals surface area contributed by atoms with Gasteiger partial charge in [0.2, 0.25) is 0 Å². The summed E-state index contributed by atoms with van der Waals surface area (Å²) < 4.78 is 0. The average Bonchev–Trinajstić information content (AvgIpc) is 2.40. The highest BCUT2D eigenvalue weighted by atomic mass is 14.2. The molecule has 2 rings (SSSR count). The highest BCUT2D eigenvalue weighted by Crippen LogP contribution is 2.32. The van der Waals surface area contributed by atoms with Gasteiger partial charge in [-0.25, -0.2) is 0 Å². The minimum Gasteiger partial charge on any atom is -0.0651 e. The first-order valence-electron chi connectivity index (χ1n) is 7.39. The van der Waals surface area contributed by atoms with E-state index < -0.39 is 0 Å². The standard InChI is InChI=1S/C17H26/c1-3-14-5-9-16(10-6-14)13-17-11-7-15(4-2)8-12-17/h5-6,9-10,15,17H,3-4,7-8,11-13H2,1-2H3. The van der Waals surface area contributed by atoms with Gasteiger partial charge >= 0.3 is 0 Å². The monoisotopic (exact) mass is 230 g/mol. The van der Waals surface area contributed by atoms with E-state index in [1.165, 1.54) is 44.1 Å². The van der Waals surface area contributed by atoms with Crippen LogP contribution in [0.3, 0.4) is 0 Å². The molecule has 0 aliphatic heterocycles.